The minimum Gasteiger partial charge on any atom is -0.471 e. The van der Waals surface area contributed by atoms with Crippen LogP contribution in [-0.2, 0) is 4.79 Å². The molecule has 1 atom stereocenters. The molecule has 0 unspecified atom stereocenters. The van der Waals surface area contributed by atoms with Gasteiger partial charge in [-0.1, -0.05) is 12.8 Å². The van der Waals surface area contributed by atoms with Gasteiger partial charge in [-0.25, -0.2) is 0 Å². The van der Waals surface area contributed by atoms with Gasteiger partial charge in [-0.2, -0.15) is 5.10 Å². The molecule has 0 spiro atoms. The SMILES string of the molecule is O=C(CC1CCCC1)N1CCC[C@@H](Oc2cccnn2)C1. The fourth-order valence-electron chi connectivity index (χ4n) is 3.37. The molecule has 2 aliphatic rings. The number of hydrogen-bond donors (Lipinski definition) is 0. The zero-order chi connectivity index (χ0) is 14.5. The molecule has 1 saturated heterocycles. The van der Waals surface area contributed by atoms with Crippen molar-refractivity contribution in [1.82, 2.24) is 15.1 Å². The molecule has 21 heavy (non-hydrogen) atoms. The van der Waals surface area contributed by atoms with Gasteiger partial charge in [0.05, 0.1) is 6.54 Å². The normalized spacial score (nSPS) is 23.2. The van der Waals surface area contributed by atoms with Gasteiger partial charge in [-0.3, -0.25) is 4.79 Å². The van der Waals surface area contributed by atoms with Gasteiger partial charge in [0, 0.05) is 25.2 Å². The number of rotatable bonds is 4. The summed E-state index contributed by atoms with van der Waals surface area (Å²) < 4.78 is 5.84. The van der Waals surface area contributed by atoms with Crippen LogP contribution in [0.25, 0.3) is 0 Å². The Labute approximate surface area is 125 Å². The molecule has 5 nitrogen and oxygen atoms in total. The highest BCUT2D eigenvalue weighted by atomic mass is 16.5. The molecular weight excluding hydrogens is 266 g/mol. The highest BCUT2D eigenvalue weighted by Crippen LogP contribution is 2.28. The molecule has 3 rings (SSSR count). The Morgan fingerprint density at radius 1 is 1.29 bits per heavy atom. The highest BCUT2D eigenvalue weighted by molar-refractivity contribution is 5.76. The maximum atomic E-state index is 12.4. The van der Waals surface area contributed by atoms with Crippen molar-refractivity contribution in [2.24, 2.45) is 5.92 Å². The summed E-state index contributed by atoms with van der Waals surface area (Å²) in [5, 5.41) is 7.77. The largest absolute Gasteiger partial charge is 0.471 e. The average molecular weight is 289 g/mol. The molecule has 1 aromatic rings. The molecule has 2 fully saturated rings. The first kappa shape index (κ1) is 14.3. The van der Waals surface area contributed by atoms with E-state index < -0.39 is 0 Å². The van der Waals surface area contributed by atoms with Crippen LogP contribution in [0.1, 0.15) is 44.9 Å². The Balaban J connectivity index is 1.51. The number of hydrogen-bond acceptors (Lipinski definition) is 4. The zero-order valence-electron chi connectivity index (χ0n) is 12.4. The quantitative estimate of drug-likeness (QED) is 0.854. The highest BCUT2D eigenvalue weighted by Gasteiger charge is 2.27. The van der Waals surface area contributed by atoms with Crippen LogP contribution in [0.4, 0.5) is 0 Å². The van der Waals surface area contributed by atoms with Gasteiger partial charge in [0.1, 0.15) is 6.10 Å². The van der Waals surface area contributed by atoms with E-state index in [9.17, 15) is 4.79 Å². The van der Waals surface area contributed by atoms with E-state index in [4.69, 9.17) is 4.74 Å². The maximum Gasteiger partial charge on any atom is 0.233 e. The van der Waals surface area contributed by atoms with Gasteiger partial charge in [0.25, 0.3) is 0 Å². The molecule has 2 heterocycles. The molecule has 0 radical (unpaired) electrons. The van der Waals surface area contributed by atoms with E-state index in [1.165, 1.54) is 25.7 Å². The number of carbonyl (C=O) groups is 1. The molecule has 1 aliphatic carbocycles. The minimum absolute atomic E-state index is 0.0444. The van der Waals surface area contributed by atoms with Crippen molar-refractivity contribution in [1.29, 1.82) is 0 Å². The van der Waals surface area contributed by atoms with Crippen molar-refractivity contribution >= 4 is 5.91 Å². The predicted molar refractivity (Wildman–Crippen MR) is 78.8 cm³/mol. The van der Waals surface area contributed by atoms with Gasteiger partial charge >= 0.3 is 0 Å². The summed E-state index contributed by atoms with van der Waals surface area (Å²) in [5.41, 5.74) is 0. The Morgan fingerprint density at radius 2 is 2.14 bits per heavy atom. The van der Waals surface area contributed by atoms with Gasteiger partial charge in [-0.15, -0.1) is 5.10 Å². The van der Waals surface area contributed by atoms with Crippen LogP contribution in [0, 0.1) is 5.92 Å². The lowest BCUT2D eigenvalue weighted by Gasteiger charge is -2.33. The lowest BCUT2D eigenvalue weighted by Crippen LogP contribution is -2.44. The van der Waals surface area contributed by atoms with Gasteiger partial charge in [-0.05, 0) is 37.7 Å². The van der Waals surface area contributed by atoms with Crippen molar-refractivity contribution in [2.45, 2.75) is 51.0 Å². The molecule has 1 amide bonds. The molecular formula is C16H23N3O2. The fourth-order valence-corrected chi connectivity index (χ4v) is 3.37. The monoisotopic (exact) mass is 289 g/mol. The maximum absolute atomic E-state index is 12.4. The second-order valence-corrected chi connectivity index (χ2v) is 6.14. The van der Waals surface area contributed by atoms with E-state index in [1.54, 1.807) is 6.20 Å². The van der Waals surface area contributed by atoms with Crippen LogP contribution in [0.2, 0.25) is 0 Å². The van der Waals surface area contributed by atoms with Crippen molar-refractivity contribution < 1.29 is 9.53 Å². The van der Waals surface area contributed by atoms with Gasteiger partial charge in [0.2, 0.25) is 11.8 Å². The molecule has 114 valence electrons. The zero-order valence-corrected chi connectivity index (χ0v) is 12.4. The van der Waals surface area contributed by atoms with Crippen LogP contribution in [0.3, 0.4) is 0 Å². The van der Waals surface area contributed by atoms with E-state index >= 15 is 0 Å². The van der Waals surface area contributed by atoms with Crippen molar-refractivity contribution in [3.05, 3.63) is 18.3 Å². The molecule has 1 saturated carbocycles. The van der Waals surface area contributed by atoms with Crippen LogP contribution in [-0.4, -0.2) is 40.2 Å². The number of aromatic nitrogens is 2. The first-order chi connectivity index (χ1) is 10.3. The van der Waals surface area contributed by atoms with E-state index in [0.717, 1.165) is 25.8 Å². The summed E-state index contributed by atoms with van der Waals surface area (Å²) >= 11 is 0. The van der Waals surface area contributed by atoms with Crippen molar-refractivity contribution in [3.63, 3.8) is 0 Å². The second kappa shape index (κ2) is 6.87. The molecule has 0 N–H and O–H groups in total. The lowest BCUT2D eigenvalue weighted by atomic mass is 10.0. The Kier molecular flexibility index (Phi) is 4.68. The molecule has 0 aromatic carbocycles. The number of piperidine rings is 1. The Morgan fingerprint density at radius 3 is 2.90 bits per heavy atom. The predicted octanol–water partition coefficient (Wildman–Crippen LogP) is 2.43. The number of carbonyl (C=O) groups excluding carboxylic acids is 1. The first-order valence-corrected chi connectivity index (χ1v) is 8.03. The third-order valence-corrected chi connectivity index (χ3v) is 4.50. The summed E-state index contributed by atoms with van der Waals surface area (Å²) in [6.07, 6.45) is 9.39. The van der Waals surface area contributed by atoms with E-state index in [-0.39, 0.29) is 6.10 Å². The lowest BCUT2D eigenvalue weighted by molar-refractivity contribution is -0.134. The van der Waals surface area contributed by atoms with Crippen LogP contribution >= 0.6 is 0 Å². The standard InChI is InChI=1S/C16H23N3O2/c20-16(11-13-5-1-2-6-13)19-10-4-7-14(12-19)21-15-8-3-9-17-18-15/h3,8-9,13-14H,1-2,4-7,10-12H2/t14-/m1/s1. The first-order valence-electron chi connectivity index (χ1n) is 8.03. The molecule has 1 aliphatic heterocycles. The van der Waals surface area contributed by atoms with Gasteiger partial charge in [0.15, 0.2) is 0 Å². The average Bonchev–Trinajstić information content (AvgIpc) is 3.01. The summed E-state index contributed by atoms with van der Waals surface area (Å²) in [5.74, 6) is 1.46. The Hall–Kier alpha value is -1.65. The van der Waals surface area contributed by atoms with E-state index in [2.05, 4.69) is 10.2 Å². The molecule has 1 aromatic heterocycles. The third kappa shape index (κ3) is 3.93. The third-order valence-electron chi connectivity index (χ3n) is 4.50. The Bertz CT molecular complexity index is 460. The van der Waals surface area contributed by atoms with Crippen LogP contribution in [0.15, 0.2) is 18.3 Å². The summed E-state index contributed by atoms with van der Waals surface area (Å²) in [7, 11) is 0. The number of ether oxygens (including phenoxy) is 1. The molecule has 5 heteroatoms. The summed E-state index contributed by atoms with van der Waals surface area (Å²) in [6.45, 7) is 1.55. The number of likely N-dealkylation sites (tertiary alicyclic amines) is 1. The summed E-state index contributed by atoms with van der Waals surface area (Å²) in [4.78, 5) is 14.4. The van der Waals surface area contributed by atoms with Crippen LogP contribution in [0.5, 0.6) is 5.88 Å². The summed E-state index contributed by atoms with van der Waals surface area (Å²) in [6, 6.07) is 3.63. The van der Waals surface area contributed by atoms with E-state index in [1.807, 2.05) is 17.0 Å². The number of amides is 1. The van der Waals surface area contributed by atoms with Crippen molar-refractivity contribution in [2.75, 3.05) is 13.1 Å². The van der Waals surface area contributed by atoms with Gasteiger partial charge < -0.3 is 9.64 Å². The fraction of sp³-hybridized carbons (Fsp3) is 0.688. The van der Waals surface area contributed by atoms with E-state index in [0.29, 0.717) is 24.2 Å². The van der Waals surface area contributed by atoms with Crippen LogP contribution < -0.4 is 4.74 Å². The van der Waals surface area contributed by atoms with Crippen molar-refractivity contribution in [3.8, 4) is 5.88 Å². The topological polar surface area (TPSA) is 55.3 Å². The second-order valence-electron chi connectivity index (χ2n) is 6.14. The smallest absolute Gasteiger partial charge is 0.233 e. The number of nitrogens with zero attached hydrogens (tertiary/aromatic N) is 3. The molecule has 0 bridgehead atoms. The minimum atomic E-state index is 0.0444.